The Labute approximate surface area is 124 Å². The predicted octanol–water partition coefficient (Wildman–Crippen LogP) is 2.14. The van der Waals surface area contributed by atoms with Crippen molar-refractivity contribution >= 4 is 11.9 Å². The highest BCUT2D eigenvalue weighted by molar-refractivity contribution is 5.80. The van der Waals surface area contributed by atoms with Gasteiger partial charge in [-0.25, -0.2) is 0 Å². The fourth-order valence-corrected chi connectivity index (χ4v) is 2.56. The van der Waals surface area contributed by atoms with Gasteiger partial charge in [-0.15, -0.1) is 0 Å². The van der Waals surface area contributed by atoms with E-state index in [9.17, 15) is 9.59 Å². The van der Waals surface area contributed by atoms with E-state index in [0.717, 1.165) is 11.3 Å². The van der Waals surface area contributed by atoms with Crippen molar-refractivity contribution in [3.63, 3.8) is 0 Å². The van der Waals surface area contributed by atoms with Crippen molar-refractivity contribution < 1.29 is 19.1 Å². The molecule has 1 aromatic carbocycles. The number of nitrogens with zero attached hydrogens (tertiary/aromatic N) is 1. The summed E-state index contributed by atoms with van der Waals surface area (Å²) in [6, 6.07) is 7.56. The van der Waals surface area contributed by atoms with Gasteiger partial charge in [0.15, 0.2) is 0 Å². The van der Waals surface area contributed by atoms with Crippen LogP contribution in [-0.4, -0.2) is 36.5 Å². The highest BCUT2D eigenvalue weighted by Gasteiger charge is 2.32. The Morgan fingerprint density at radius 3 is 2.67 bits per heavy atom. The monoisotopic (exact) mass is 291 g/mol. The van der Waals surface area contributed by atoms with Gasteiger partial charge in [-0.1, -0.05) is 12.1 Å². The smallest absolute Gasteiger partial charge is 0.307 e. The molecule has 1 atom stereocenters. The second kappa shape index (κ2) is 7.11. The molecule has 0 N–H and O–H groups in total. The van der Waals surface area contributed by atoms with Gasteiger partial charge in [0.05, 0.1) is 20.1 Å². The van der Waals surface area contributed by atoms with Crippen molar-refractivity contribution in [2.24, 2.45) is 0 Å². The van der Waals surface area contributed by atoms with Gasteiger partial charge in [0.1, 0.15) is 5.75 Å². The van der Waals surface area contributed by atoms with Crippen molar-refractivity contribution in [2.75, 3.05) is 13.7 Å². The molecule has 1 heterocycles. The fraction of sp³-hybridized carbons (Fsp3) is 0.500. The van der Waals surface area contributed by atoms with E-state index in [1.165, 1.54) is 0 Å². The fourth-order valence-electron chi connectivity index (χ4n) is 2.56. The number of rotatable bonds is 6. The first-order valence-corrected chi connectivity index (χ1v) is 7.22. The average molecular weight is 291 g/mol. The van der Waals surface area contributed by atoms with E-state index in [-0.39, 0.29) is 24.3 Å². The van der Waals surface area contributed by atoms with Gasteiger partial charge in [0.25, 0.3) is 0 Å². The molecule has 1 aliphatic rings. The molecular formula is C16H21NO4. The summed E-state index contributed by atoms with van der Waals surface area (Å²) in [7, 11) is 1.62. The lowest BCUT2D eigenvalue weighted by Gasteiger charge is -2.24. The maximum Gasteiger partial charge on any atom is 0.307 e. The highest BCUT2D eigenvalue weighted by Crippen LogP contribution is 2.24. The molecule has 21 heavy (non-hydrogen) atoms. The van der Waals surface area contributed by atoms with Crippen LogP contribution in [-0.2, 0) is 20.9 Å². The number of likely N-dealkylation sites (tertiary alicyclic amines) is 1. The molecule has 1 amide bonds. The van der Waals surface area contributed by atoms with Gasteiger partial charge in [-0.3, -0.25) is 9.59 Å². The van der Waals surface area contributed by atoms with Crippen molar-refractivity contribution in [1.82, 2.24) is 4.90 Å². The third kappa shape index (κ3) is 3.97. The van der Waals surface area contributed by atoms with Crippen molar-refractivity contribution in [3.8, 4) is 5.75 Å². The molecule has 5 nitrogen and oxygen atoms in total. The Hall–Kier alpha value is -2.04. The number of hydrogen-bond donors (Lipinski definition) is 0. The SMILES string of the molecule is CCOC(=O)C[C@@H]1CCC(=O)N1Cc1ccc(OC)cc1. The van der Waals surface area contributed by atoms with Crippen LogP contribution in [0.2, 0.25) is 0 Å². The molecule has 2 rings (SSSR count). The van der Waals surface area contributed by atoms with Gasteiger partial charge >= 0.3 is 5.97 Å². The molecule has 1 saturated heterocycles. The Morgan fingerprint density at radius 2 is 2.05 bits per heavy atom. The molecule has 0 aliphatic carbocycles. The molecule has 0 aromatic heterocycles. The maximum atomic E-state index is 12.0. The van der Waals surface area contributed by atoms with E-state index in [1.54, 1.807) is 18.9 Å². The maximum absolute atomic E-state index is 12.0. The van der Waals surface area contributed by atoms with Crippen LogP contribution in [0.5, 0.6) is 5.75 Å². The van der Waals surface area contributed by atoms with Crippen molar-refractivity contribution in [3.05, 3.63) is 29.8 Å². The van der Waals surface area contributed by atoms with E-state index in [0.29, 0.717) is 26.0 Å². The van der Waals surface area contributed by atoms with Gasteiger partial charge < -0.3 is 14.4 Å². The lowest BCUT2D eigenvalue weighted by atomic mass is 10.1. The lowest BCUT2D eigenvalue weighted by Crippen LogP contribution is -2.34. The second-order valence-electron chi connectivity index (χ2n) is 5.07. The highest BCUT2D eigenvalue weighted by atomic mass is 16.5. The summed E-state index contributed by atoms with van der Waals surface area (Å²) < 4.78 is 10.1. The van der Waals surface area contributed by atoms with E-state index in [1.807, 2.05) is 24.3 Å². The molecule has 5 heteroatoms. The van der Waals surface area contributed by atoms with Crippen LogP contribution < -0.4 is 4.74 Å². The first-order valence-electron chi connectivity index (χ1n) is 7.22. The van der Waals surface area contributed by atoms with E-state index in [4.69, 9.17) is 9.47 Å². The Kier molecular flexibility index (Phi) is 5.20. The number of hydrogen-bond acceptors (Lipinski definition) is 4. The minimum atomic E-state index is -0.239. The molecule has 0 spiro atoms. The third-order valence-electron chi connectivity index (χ3n) is 3.67. The lowest BCUT2D eigenvalue weighted by molar-refractivity contribution is -0.144. The number of carbonyl (C=O) groups is 2. The van der Waals surface area contributed by atoms with Crippen LogP contribution in [0.3, 0.4) is 0 Å². The zero-order valence-electron chi connectivity index (χ0n) is 12.5. The van der Waals surface area contributed by atoms with Crippen LogP contribution in [0, 0.1) is 0 Å². The molecule has 1 aromatic rings. The van der Waals surface area contributed by atoms with E-state index in [2.05, 4.69) is 0 Å². The van der Waals surface area contributed by atoms with Crippen LogP contribution in [0.1, 0.15) is 31.7 Å². The van der Waals surface area contributed by atoms with Crippen LogP contribution >= 0.6 is 0 Å². The Balaban J connectivity index is 2.00. The van der Waals surface area contributed by atoms with Gasteiger partial charge in [0.2, 0.25) is 5.91 Å². The largest absolute Gasteiger partial charge is 0.497 e. The summed E-state index contributed by atoms with van der Waals surface area (Å²) in [6.45, 7) is 2.68. The number of ether oxygens (including phenoxy) is 2. The molecule has 0 unspecified atom stereocenters. The third-order valence-corrected chi connectivity index (χ3v) is 3.67. The molecule has 0 radical (unpaired) electrons. The Morgan fingerprint density at radius 1 is 1.33 bits per heavy atom. The van der Waals surface area contributed by atoms with Crippen LogP contribution in [0.15, 0.2) is 24.3 Å². The summed E-state index contributed by atoms with van der Waals surface area (Å²) >= 11 is 0. The molecule has 114 valence electrons. The number of carbonyl (C=O) groups excluding carboxylic acids is 2. The standard InChI is InChI=1S/C16H21NO4/c1-3-21-16(19)10-13-6-9-15(18)17(13)11-12-4-7-14(20-2)8-5-12/h4-5,7-8,13H,3,6,9-11H2,1-2H3/t13-/m0/s1. The predicted molar refractivity (Wildman–Crippen MR) is 77.8 cm³/mol. The minimum absolute atomic E-state index is 0.0568. The van der Waals surface area contributed by atoms with Gasteiger partial charge in [0, 0.05) is 19.0 Å². The number of esters is 1. The van der Waals surface area contributed by atoms with Gasteiger partial charge in [-0.2, -0.15) is 0 Å². The average Bonchev–Trinajstić information content (AvgIpc) is 2.81. The molecular weight excluding hydrogens is 270 g/mol. The number of amides is 1. The Bertz CT molecular complexity index is 498. The summed E-state index contributed by atoms with van der Waals surface area (Å²) in [5, 5.41) is 0. The molecule has 0 bridgehead atoms. The van der Waals surface area contributed by atoms with E-state index < -0.39 is 0 Å². The summed E-state index contributed by atoms with van der Waals surface area (Å²) in [4.78, 5) is 25.4. The van der Waals surface area contributed by atoms with Crippen LogP contribution in [0.4, 0.5) is 0 Å². The second-order valence-corrected chi connectivity index (χ2v) is 5.07. The zero-order chi connectivity index (χ0) is 15.2. The van der Waals surface area contributed by atoms with Gasteiger partial charge in [-0.05, 0) is 31.0 Å². The summed E-state index contributed by atoms with van der Waals surface area (Å²) in [5.41, 5.74) is 1.03. The summed E-state index contributed by atoms with van der Waals surface area (Å²) in [6.07, 6.45) is 1.49. The van der Waals surface area contributed by atoms with Crippen LogP contribution in [0.25, 0.3) is 0 Å². The first kappa shape index (κ1) is 15.4. The first-order chi connectivity index (χ1) is 10.1. The topological polar surface area (TPSA) is 55.8 Å². The molecule has 1 aliphatic heterocycles. The molecule has 1 fully saturated rings. The summed E-state index contributed by atoms with van der Waals surface area (Å²) in [5.74, 6) is 0.645. The van der Waals surface area contributed by atoms with Crippen molar-refractivity contribution in [2.45, 2.75) is 38.8 Å². The molecule has 0 saturated carbocycles. The van der Waals surface area contributed by atoms with Crippen molar-refractivity contribution in [1.29, 1.82) is 0 Å². The zero-order valence-corrected chi connectivity index (χ0v) is 12.5. The number of methoxy groups -OCH3 is 1. The quantitative estimate of drug-likeness (QED) is 0.754. The minimum Gasteiger partial charge on any atom is -0.497 e. The number of benzene rings is 1. The normalized spacial score (nSPS) is 17.9. The van der Waals surface area contributed by atoms with E-state index >= 15 is 0 Å².